The number of hydrogen-bond donors (Lipinski definition) is 0. The van der Waals surface area contributed by atoms with Crippen molar-refractivity contribution in [1.29, 1.82) is 0 Å². The van der Waals surface area contributed by atoms with Crippen LogP contribution in [0.5, 0.6) is 0 Å². The Kier molecular flexibility index (Phi) is 35.6. The molecule has 0 saturated heterocycles. The van der Waals surface area contributed by atoms with Gasteiger partial charge in [0, 0.05) is 0 Å². The maximum absolute atomic E-state index is 2.55. The van der Waals surface area contributed by atoms with Crippen molar-refractivity contribution in [3.05, 3.63) is 0 Å². The van der Waals surface area contributed by atoms with Crippen LogP contribution in [0.2, 0.25) is 0 Å². The minimum atomic E-state index is 0. The lowest BCUT2D eigenvalue weighted by Gasteiger charge is -2.17. The third-order valence-electron chi connectivity index (χ3n) is 7.72. The van der Waals surface area contributed by atoms with Gasteiger partial charge in [0.15, 0.2) is 0 Å². The van der Waals surface area contributed by atoms with E-state index in [1.807, 2.05) is 0 Å². The van der Waals surface area contributed by atoms with Gasteiger partial charge in [0.1, 0.15) is 0 Å². The van der Waals surface area contributed by atoms with Crippen LogP contribution in [0.3, 0.4) is 0 Å². The van der Waals surface area contributed by atoms with Crippen molar-refractivity contribution < 1.29 is 0 Å². The van der Waals surface area contributed by atoms with Gasteiger partial charge in [-0.25, -0.2) is 0 Å². The van der Waals surface area contributed by atoms with Crippen LogP contribution >= 0.6 is 12.4 Å². The largest absolute Gasteiger partial charge is 0.304 e. The molecule has 0 aromatic rings. The zero-order valence-electron chi connectivity index (χ0n) is 24.4. The molecule has 0 rings (SSSR count). The van der Waals surface area contributed by atoms with Crippen molar-refractivity contribution in [1.82, 2.24) is 4.90 Å². The molecule has 0 atom stereocenters. The van der Waals surface area contributed by atoms with E-state index in [1.54, 1.807) is 0 Å². The Hall–Kier alpha value is 0.250. The quantitative estimate of drug-likeness (QED) is 0.0920. The van der Waals surface area contributed by atoms with Crippen molar-refractivity contribution in [3.63, 3.8) is 0 Å². The van der Waals surface area contributed by atoms with Gasteiger partial charge in [0.05, 0.1) is 0 Å². The van der Waals surface area contributed by atoms with Crippen LogP contribution in [0.1, 0.15) is 188 Å². The van der Waals surface area contributed by atoms with Gasteiger partial charge in [-0.3, -0.25) is 0 Å². The summed E-state index contributed by atoms with van der Waals surface area (Å²) in [7, 11) is 0. The second-order valence-electron chi connectivity index (χ2n) is 10.9. The third-order valence-corrected chi connectivity index (χ3v) is 7.72. The Balaban J connectivity index is 0. The number of unbranched alkanes of at least 4 members (excludes halogenated alkanes) is 25. The summed E-state index contributed by atoms with van der Waals surface area (Å²) < 4.78 is 0. The summed E-state index contributed by atoms with van der Waals surface area (Å²) >= 11 is 0. The standard InChI is InChI=1S/C32H67N.ClH/c1-4-7-8-9-10-11-12-13-14-15-16-17-18-19-20-21-22-23-24-25-26-27-28-29-30-31-32-33(5-2)6-3;/h4-32H2,1-3H3;1H. The summed E-state index contributed by atoms with van der Waals surface area (Å²) in [6.45, 7) is 10.6. The van der Waals surface area contributed by atoms with E-state index in [2.05, 4.69) is 25.7 Å². The fourth-order valence-electron chi connectivity index (χ4n) is 5.19. The molecule has 208 valence electrons. The van der Waals surface area contributed by atoms with E-state index in [1.165, 1.54) is 187 Å². The smallest absolute Gasteiger partial charge is 0.00190 e. The normalized spacial score (nSPS) is 11.3. The predicted octanol–water partition coefficient (Wildman–Crippen LogP) is 11.9. The molecule has 1 nitrogen and oxygen atoms in total. The number of halogens is 1. The van der Waals surface area contributed by atoms with Gasteiger partial charge in [-0.15, -0.1) is 12.4 Å². The van der Waals surface area contributed by atoms with Gasteiger partial charge < -0.3 is 4.90 Å². The first-order chi connectivity index (χ1) is 16.3. The molecule has 0 fully saturated rings. The SMILES string of the molecule is CCCCCCCCCCCCCCCCCCCCCCCCCCCCN(CC)CC.Cl. The third kappa shape index (κ3) is 30.3. The molecule has 0 aromatic carbocycles. The van der Waals surface area contributed by atoms with E-state index in [-0.39, 0.29) is 12.4 Å². The highest BCUT2D eigenvalue weighted by atomic mass is 35.5. The van der Waals surface area contributed by atoms with E-state index in [9.17, 15) is 0 Å². The zero-order valence-corrected chi connectivity index (χ0v) is 25.2. The predicted molar refractivity (Wildman–Crippen MR) is 161 cm³/mol. The Morgan fingerprint density at radius 1 is 0.294 bits per heavy atom. The van der Waals surface area contributed by atoms with Crippen molar-refractivity contribution in [2.75, 3.05) is 19.6 Å². The average Bonchev–Trinajstić information content (AvgIpc) is 2.83. The zero-order chi connectivity index (χ0) is 24.1. The van der Waals surface area contributed by atoms with E-state index >= 15 is 0 Å². The van der Waals surface area contributed by atoms with E-state index < -0.39 is 0 Å². The summed E-state index contributed by atoms with van der Waals surface area (Å²) in [6.07, 6.45) is 38.3. The molecule has 2 heteroatoms. The molecule has 0 spiro atoms. The van der Waals surface area contributed by atoms with Crippen LogP contribution in [0, 0.1) is 0 Å². The summed E-state index contributed by atoms with van der Waals surface area (Å²) in [5.41, 5.74) is 0. The van der Waals surface area contributed by atoms with Crippen LogP contribution in [0.4, 0.5) is 0 Å². The first-order valence-electron chi connectivity index (χ1n) is 16.1. The van der Waals surface area contributed by atoms with Crippen LogP contribution < -0.4 is 0 Å². The van der Waals surface area contributed by atoms with Crippen molar-refractivity contribution >= 4 is 12.4 Å². The summed E-state index contributed by atoms with van der Waals surface area (Å²) in [6, 6.07) is 0. The van der Waals surface area contributed by atoms with Crippen LogP contribution in [0.15, 0.2) is 0 Å². The average molecular weight is 502 g/mol. The lowest BCUT2D eigenvalue weighted by Crippen LogP contribution is -2.23. The van der Waals surface area contributed by atoms with Gasteiger partial charge in [-0.2, -0.15) is 0 Å². The second-order valence-corrected chi connectivity index (χ2v) is 10.9. The molecule has 0 aliphatic heterocycles. The first-order valence-corrected chi connectivity index (χ1v) is 16.1. The molecular weight excluding hydrogens is 434 g/mol. The summed E-state index contributed by atoms with van der Waals surface area (Å²) in [5, 5.41) is 0. The van der Waals surface area contributed by atoms with Gasteiger partial charge in [0.2, 0.25) is 0 Å². The molecule has 0 unspecified atom stereocenters. The number of rotatable bonds is 29. The molecule has 0 aliphatic carbocycles. The minimum Gasteiger partial charge on any atom is -0.304 e. The van der Waals surface area contributed by atoms with Gasteiger partial charge >= 0.3 is 0 Å². The monoisotopic (exact) mass is 502 g/mol. The first kappa shape index (κ1) is 36.4. The van der Waals surface area contributed by atoms with Gasteiger partial charge in [-0.05, 0) is 26.1 Å². The second kappa shape index (κ2) is 33.2. The highest BCUT2D eigenvalue weighted by Crippen LogP contribution is 2.16. The lowest BCUT2D eigenvalue weighted by molar-refractivity contribution is 0.295. The van der Waals surface area contributed by atoms with Crippen molar-refractivity contribution in [2.45, 2.75) is 188 Å². The Bertz CT molecular complexity index is 329. The van der Waals surface area contributed by atoms with Crippen molar-refractivity contribution in [2.24, 2.45) is 0 Å². The molecule has 34 heavy (non-hydrogen) atoms. The minimum absolute atomic E-state index is 0. The number of hydrogen-bond acceptors (Lipinski definition) is 1. The Morgan fingerprint density at radius 3 is 0.706 bits per heavy atom. The molecule has 0 amide bonds. The molecule has 0 aliphatic rings. The summed E-state index contributed by atoms with van der Waals surface area (Å²) in [4.78, 5) is 2.55. The maximum Gasteiger partial charge on any atom is -0.00190 e. The van der Waals surface area contributed by atoms with Crippen LogP contribution in [-0.2, 0) is 0 Å². The Morgan fingerprint density at radius 2 is 0.500 bits per heavy atom. The fraction of sp³-hybridized carbons (Fsp3) is 1.00. The molecular formula is C32H68ClN. The molecule has 0 saturated carbocycles. The topological polar surface area (TPSA) is 3.24 Å². The highest BCUT2D eigenvalue weighted by Gasteiger charge is 1.99. The highest BCUT2D eigenvalue weighted by molar-refractivity contribution is 5.85. The molecule has 0 N–H and O–H groups in total. The Labute approximate surface area is 224 Å². The molecule has 0 aromatic heterocycles. The van der Waals surface area contributed by atoms with Gasteiger partial charge in [-0.1, -0.05) is 181 Å². The molecule has 0 bridgehead atoms. The van der Waals surface area contributed by atoms with Crippen molar-refractivity contribution in [3.8, 4) is 0 Å². The maximum atomic E-state index is 2.55. The molecule has 0 heterocycles. The molecule has 0 radical (unpaired) electrons. The van der Waals surface area contributed by atoms with E-state index in [0.717, 1.165) is 0 Å². The fourth-order valence-corrected chi connectivity index (χ4v) is 5.19. The lowest BCUT2D eigenvalue weighted by atomic mass is 10.0. The van der Waals surface area contributed by atoms with E-state index in [0.29, 0.717) is 0 Å². The van der Waals surface area contributed by atoms with E-state index in [4.69, 9.17) is 0 Å². The van der Waals surface area contributed by atoms with Crippen LogP contribution in [0.25, 0.3) is 0 Å². The van der Waals surface area contributed by atoms with Gasteiger partial charge in [0.25, 0.3) is 0 Å². The van der Waals surface area contributed by atoms with Crippen LogP contribution in [-0.4, -0.2) is 24.5 Å². The number of nitrogens with zero attached hydrogens (tertiary/aromatic N) is 1. The summed E-state index contributed by atoms with van der Waals surface area (Å²) in [5.74, 6) is 0.